The normalized spacial score (nSPS) is 17.6. The molecule has 1 unspecified atom stereocenters. The summed E-state index contributed by atoms with van der Waals surface area (Å²) in [5, 5.41) is 13.1. The molecular weight excluding hydrogens is 506 g/mol. The SMILES string of the molecule is COc1ccc(/C(O)=C2\C(=O)C(=O)N(c3nc4c(F)cc(F)cc4s3)C2c2cccs2)cc1Cl. The second-order valence-corrected chi connectivity index (χ2v) is 9.66. The molecule has 34 heavy (non-hydrogen) atoms. The van der Waals surface area contributed by atoms with Gasteiger partial charge in [0.15, 0.2) is 10.9 Å². The van der Waals surface area contributed by atoms with Crippen molar-refractivity contribution in [1.82, 2.24) is 4.98 Å². The molecule has 2 aromatic heterocycles. The molecule has 0 bridgehead atoms. The third-order valence-corrected chi connectivity index (χ3v) is 7.51. The van der Waals surface area contributed by atoms with E-state index in [1.807, 2.05) is 0 Å². The van der Waals surface area contributed by atoms with Crippen LogP contribution in [0.4, 0.5) is 13.9 Å². The van der Waals surface area contributed by atoms with Crippen molar-refractivity contribution >= 4 is 67.1 Å². The number of carbonyl (C=O) groups is 2. The summed E-state index contributed by atoms with van der Waals surface area (Å²) in [6, 6.07) is 8.68. The minimum atomic E-state index is -1.02. The molecule has 1 atom stereocenters. The average Bonchev–Trinajstić information content (AvgIpc) is 3.52. The van der Waals surface area contributed by atoms with Crippen LogP contribution >= 0.6 is 34.3 Å². The molecule has 11 heteroatoms. The number of aliphatic hydroxyl groups is 1. The van der Waals surface area contributed by atoms with Gasteiger partial charge in [0.1, 0.15) is 28.9 Å². The summed E-state index contributed by atoms with van der Waals surface area (Å²) in [7, 11) is 1.44. The van der Waals surface area contributed by atoms with E-state index in [0.29, 0.717) is 16.7 Å². The Balaban J connectivity index is 1.71. The van der Waals surface area contributed by atoms with Crippen LogP contribution in [0.3, 0.4) is 0 Å². The number of benzene rings is 2. The van der Waals surface area contributed by atoms with Gasteiger partial charge in [-0.2, -0.15) is 0 Å². The van der Waals surface area contributed by atoms with E-state index in [1.54, 1.807) is 17.5 Å². The van der Waals surface area contributed by atoms with Crippen molar-refractivity contribution in [3.05, 3.63) is 80.5 Å². The lowest BCUT2D eigenvalue weighted by Gasteiger charge is -2.21. The molecule has 1 fully saturated rings. The number of nitrogens with zero attached hydrogens (tertiary/aromatic N) is 2. The van der Waals surface area contributed by atoms with E-state index in [2.05, 4.69) is 4.98 Å². The van der Waals surface area contributed by atoms with Gasteiger partial charge in [-0.25, -0.2) is 13.8 Å². The van der Waals surface area contributed by atoms with Crippen LogP contribution < -0.4 is 9.64 Å². The Labute approximate surface area is 204 Å². The van der Waals surface area contributed by atoms with Gasteiger partial charge in [-0.3, -0.25) is 14.5 Å². The molecule has 5 rings (SSSR count). The number of amides is 1. The molecule has 1 aliphatic rings. The molecular formula is C23H13ClF2N2O4S2. The molecule has 1 saturated heterocycles. The Kier molecular flexibility index (Phi) is 5.59. The molecule has 2 aromatic carbocycles. The highest BCUT2D eigenvalue weighted by molar-refractivity contribution is 7.22. The summed E-state index contributed by atoms with van der Waals surface area (Å²) < 4.78 is 33.3. The number of halogens is 3. The van der Waals surface area contributed by atoms with E-state index in [9.17, 15) is 23.5 Å². The second kappa shape index (κ2) is 8.46. The molecule has 1 aliphatic heterocycles. The van der Waals surface area contributed by atoms with Crippen molar-refractivity contribution in [2.75, 3.05) is 12.0 Å². The summed E-state index contributed by atoms with van der Waals surface area (Å²) in [5.74, 6) is -3.60. The van der Waals surface area contributed by atoms with Crippen molar-refractivity contribution in [1.29, 1.82) is 0 Å². The second-order valence-electron chi connectivity index (χ2n) is 7.26. The van der Waals surface area contributed by atoms with Crippen molar-refractivity contribution in [2.45, 2.75) is 6.04 Å². The van der Waals surface area contributed by atoms with Crippen LogP contribution in [0.2, 0.25) is 5.02 Å². The lowest BCUT2D eigenvalue weighted by molar-refractivity contribution is -0.132. The number of carbonyl (C=O) groups excluding carboxylic acids is 2. The summed E-state index contributed by atoms with van der Waals surface area (Å²) in [6.45, 7) is 0. The minimum absolute atomic E-state index is 0.00631. The molecule has 0 aliphatic carbocycles. The highest BCUT2D eigenvalue weighted by Gasteiger charge is 2.48. The van der Waals surface area contributed by atoms with Crippen molar-refractivity contribution in [3.63, 3.8) is 0 Å². The van der Waals surface area contributed by atoms with E-state index < -0.39 is 35.1 Å². The zero-order valence-electron chi connectivity index (χ0n) is 17.2. The fraction of sp³-hybridized carbons (Fsp3) is 0.0870. The largest absolute Gasteiger partial charge is 0.507 e. The van der Waals surface area contributed by atoms with Crippen LogP contribution in [0.1, 0.15) is 16.5 Å². The van der Waals surface area contributed by atoms with E-state index in [-0.39, 0.29) is 31.5 Å². The van der Waals surface area contributed by atoms with Crippen LogP contribution in [0.5, 0.6) is 5.75 Å². The highest BCUT2D eigenvalue weighted by Crippen LogP contribution is 2.46. The molecule has 1 amide bonds. The number of methoxy groups -OCH3 is 1. The number of hydrogen-bond acceptors (Lipinski definition) is 7. The standard InChI is InChI=1S/C23H13ClF2N2O4S2/c1-32-14-5-4-10(7-12(14)24)20(29)17-19(15-3-2-6-33-15)28(22(31)21(17)30)23-27-18-13(26)8-11(25)9-16(18)34-23/h2-9,19,29H,1H3/b20-17+. The number of thiophene rings is 1. The van der Waals surface area contributed by atoms with Gasteiger partial charge in [0.05, 0.1) is 22.4 Å². The van der Waals surface area contributed by atoms with Crippen LogP contribution in [0, 0.1) is 11.6 Å². The van der Waals surface area contributed by atoms with Gasteiger partial charge < -0.3 is 9.84 Å². The van der Waals surface area contributed by atoms with Gasteiger partial charge in [-0.15, -0.1) is 11.3 Å². The minimum Gasteiger partial charge on any atom is -0.507 e. The number of ether oxygens (including phenoxy) is 1. The van der Waals surface area contributed by atoms with E-state index in [1.165, 1.54) is 36.6 Å². The summed E-state index contributed by atoms with van der Waals surface area (Å²) in [5.41, 5.74) is -0.0717. The van der Waals surface area contributed by atoms with E-state index >= 15 is 0 Å². The quantitative estimate of drug-likeness (QED) is 0.206. The third-order valence-electron chi connectivity index (χ3n) is 5.29. The first-order valence-corrected chi connectivity index (χ1v) is 11.8. The number of fused-ring (bicyclic) bond motifs is 1. The molecule has 6 nitrogen and oxygen atoms in total. The fourth-order valence-corrected chi connectivity index (χ4v) is 5.88. The number of anilines is 1. The molecule has 0 radical (unpaired) electrons. The smallest absolute Gasteiger partial charge is 0.301 e. The summed E-state index contributed by atoms with van der Waals surface area (Å²) >= 11 is 8.32. The topological polar surface area (TPSA) is 79.7 Å². The highest BCUT2D eigenvalue weighted by atomic mass is 35.5. The monoisotopic (exact) mass is 518 g/mol. The first-order chi connectivity index (χ1) is 16.3. The lowest BCUT2D eigenvalue weighted by atomic mass is 10.00. The van der Waals surface area contributed by atoms with Crippen LogP contribution in [-0.2, 0) is 9.59 Å². The number of Topliss-reactive ketones (excluding diaryl/α,β-unsaturated/α-hetero) is 1. The number of thiazole rings is 1. The predicted octanol–water partition coefficient (Wildman–Crippen LogP) is 5.92. The number of aromatic nitrogens is 1. The Morgan fingerprint density at radius 1 is 1.21 bits per heavy atom. The molecule has 0 saturated carbocycles. The molecule has 1 N–H and O–H groups in total. The Morgan fingerprint density at radius 3 is 2.68 bits per heavy atom. The molecule has 172 valence electrons. The van der Waals surface area contributed by atoms with Crippen LogP contribution in [0.25, 0.3) is 16.0 Å². The van der Waals surface area contributed by atoms with Gasteiger partial charge >= 0.3 is 5.91 Å². The lowest BCUT2D eigenvalue weighted by Crippen LogP contribution is -2.28. The van der Waals surface area contributed by atoms with Gasteiger partial charge in [-0.05, 0) is 35.7 Å². The Bertz CT molecular complexity index is 1500. The third kappa shape index (κ3) is 3.54. The van der Waals surface area contributed by atoms with Gasteiger partial charge in [0.25, 0.3) is 5.78 Å². The zero-order valence-corrected chi connectivity index (χ0v) is 19.6. The maximum atomic E-state index is 14.3. The first kappa shape index (κ1) is 22.5. The van der Waals surface area contributed by atoms with E-state index in [0.717, 1.165) is 22.3 Å². The summed E-state index contributed by atoms with van der Waals surface area (Å²) in [6.07, 6.45) is 0. The van der Waals surface area contributed by atoms with Crippen molar-refractivity contribution in [2.24, 2.45) is 0 Å². The fourth-order valence-electron chi connectivity index (χ4n) is 3.76. The van der Waals surface area contributed by atoms with Crippen molar-refractivity contribution < 1.29 is 28.2 Å². The zero-order chi connectivity index (χ0) is 24.1. The number of aliphatic hydroxyl groups excluding tert-OH is 1. The van der Waals surface area contributed by atoms with Crippen LogP contribution in [-0.4, -0.2) is 28.9 Å². The Hall–Kier alpha value is -3.34. The first-order valence-electron chi connectivity index (χ1n) is 9.74. The predicted molar refractivity (Wildman–Crippen MR) is 127 cm³/mol. The maximum absolute atomic E-state index is 14.3. The van der Waals surface area contributed by atoms with E-state index in [4.69, 9.17) is 16.3 Å². The number of rotatable bonds is 4. The average molecular weight is 519 g/mol. The number of ketones is 1. The molecule has 3 heterocycles. The van der Waals surface area contributed by atoms with Crippen LogP contribution in [0.15, 0.2) is 53.4 Å². The van der Waals surface area contributed by atoms with Gasteiger partial charge in [0, 0.05) is 16.5 Å². The Morgan fingerprint density at radius 2 is 2.00 bits per heavy atom. The van der Waals surface area contributed by atoms with Gasteiger partial charge in [0.2, 0.25) is 0 Å². The summed E-state index contributed by atoms with van der Waals surface area (Å²) in [4.78, 5) is 32.1. The molecule has 4 aromatic rings. The molecule has 0 spiro atoms. The maximum Gasteiger partial charge on any atom is 0.301 e. The van der Waals surface area contributed by atoms with Crippen molar-refractivity contribution in [3.8, 4) is 5.75 Å². The number of hydrogen-bond donors (Lipinski definition) is 1. The van der Waals surface area contributed by atoms with Gasteiger partial charge in [-0.1, -0.05) is 29.0 Å².